The highest BCUT2D eigenvalue weighted by Gasteiger charge is 2.04. The Bertz CT molecular complexity index is 584. The smallest absolute Gasteiger partial charge is 0.238 e. The van der Waals surface area contributed by atoms with Crippen molar-refractivity contribution in [3.63, 3.8) is 0 Å². The van der Waals surface area contributed by atoms with Crippen molar-refractivity contribution < 1.29 is 9.18 Å². The zero-order valence-corrected chi connectivity index (χ0v) is 11.1. The van der Waals surface area contributed by atoms with Crippen LogP contribution >= 0.6 is 0 Å². The van der Waals surface area contributed by atoms with Crippen molar-refractivity contribution in [3.05, 3.63) is 42.2 Å². The molecule has 0 saturated heterocycles. The molecule has 0 unspecified atom stereocenters. The van der Waals surface area contributed by atoms with Crippen molar-refractivity contribution in [3.8, 4) is 0 Å². The molecule has 0 bridgehead atoms. The van der Waals surface area contributed by atoms with Gasteiger partial charge in [-0.1, -0.05) is 6.07 Å². The van der Waals surface area contributed by atoms with Crippen LogP contribution in [0.3, 0.4) is 0 Å². The van der Waals surface area contributed by atoms with Crippen molar-refractivity contribution in [1.29, 1.82) is 0 Å². The molecule has 0 fully saturated rings. The SMILES string of the molecule is Cn1cnnc1CCNCC(=O)Nc1cccc(F)c1. The zero-order valence-electron chi connectivity index (χ0n) is 11.1. The van der Waals surface area contributed by atoms with Crippen molar-refractivity contribution >= 4 is 11.6 Å². The Morgan fingerprint density at radius 3 is 3.00 bits per heavy atom. The number of carbonyl (C=O) groups excluding carboxylic acids is 1. The molecule has 1 heterocycles. The third kappa shape index (κ3) is 4.13. The van der Waals surface area contributed by atoms with Gasteiger partial charge in [0.05, 0.1) is 6.54 Å². The molecule has 7 heteroatoms. The van der Waals surface area contributed by atoms with Gasteiger partial charge in [0.1, 0.15) is 18.0 Å². The third-order valence-corrected chi connectivity index (χ3v) is 2.72. The van der Waals surface area contributed by atoms with Crippen molar-refractivity contribution in [1.82, 2.24) is 20.1 Å². The van der Waals surface area contributed by atoms with E-state index in [9.17, 15) is 9.18 Å². The first-order valence-corrected chi connectivity index (χ1v) is 6.24. The van der Waals surface area contributed by atoms with E-state index in [-0.39, 0.29) is 18.3 Å². The Labute approximate surface area is 116 Å². The van der Waals surface area contributed by atoms with Crippen LogP contribution in [0.5, 0.6) is 0 Å². The van der Waals surface area contributed by atoms with E-state index in [0.29, 0.717) is 18.7 Å². The summed E-state index contributed by atoms with van der Waals surface area (Å²) in [7, 11) is 1.87. The first-order chi connectivity index (χ1) is 9.65. The van der Waals surface area contributed by atoms with Crippen LogP contribution in [0.15, 0.2) is 30.6 Å². The van der Waals surface area contributed by atoms with E-state index < -0.39 is 0 Å². The Morgan fingerprint density at radius 2 is 2.30 bits per heavy atom. The van der Waals surface area contributed by atoms with E-state index in [1.54, 1.807) is 18.5 Å². The largest absolute Gasteiger partial charge is 0.325 e. The molecule has 1 aromatic carbocycles. The summed E-state index contributed by atoms with van der Waals surface area (Å²) in [6.07, 6.45) is 2.32. The lowest BCUT2D eigenvalue weighted by atomic mass is 10.3. The minimum Gasteiger partial charge on any atom is -0.325 e. The number of aromatic nitrogens is 3. The van der Waals surface area contributed by atoms with Gasteiger partial charge in [-0.25, -0.2) is 4.39 Å². The summed E-state index contributed by atoms with van der Waals surface area (Å²) >= 11 is 0. The predicted octanol–water partition coefficient (Wildman–Crippen LogP) is 0.725. The number of carbonyl (C=O) groups is 1. The predicted molar refractivity (Wildman–Crippen MR) is 72.6 cm³/mol. The number of aryl methyl sites for hydroxylation is 1. The maximum atomic E-state index is 12.9. The lowest BCUT2D eigenvalue weighted by Crippen LogP contribution is -2.29. The van der Waals surface area contributed by atoms with Crippen LogP contribution in [-0.4, -0.2) is 33.8 Å². The molecule has 6 nitrogen and oxygen atoms in total. The van der Waals surface area contributed by atoms with Gasteiger partial charge in [-0.3, -0.25) is 4.79 Å². The Balaban J connectivity index is 1.69. The number of amides is 1. The quantitative estimate of drug-likeness (QED) is 0.763. The fraction of sp³-hybridized carbons (Fsp3) is 0.308. The lowest BCUT2D eigenvalue weighted by molar-refractivity contribution is -0.115. The highest BCUT2D eigenvalue weighted by Crippen LogP contribution is 2.08. The van der Waals surface area contributed by atoms with E-state index in [1.807, 2.05) is 11.6 Å². The second-order valence-electron chi connectivity index (χ2n) is 4.34. The summed E-state index contributed by atoms with van der Waals surface area (Å²) in [4.78, 5) is 11.6. The van der Waals surface area contributed by atoms with Crippen LogP contribution < -0.4 is 10.6 Å². The minimum atomic E-state index is -0.377. The monoisotopic (exact) mass is 277 g/mol. The van der Waals surface area contributed by atoms with Crippen LogP contribution in [0.1, 0.15) is 5.82 Å². The van der Waals surface area contributed by atoms with Gasteiger partial charge in [0.15, 0.2) is 0 Å². The summed E-state index contributed by atoms with van der Waals surface area (Å²) in [6.45, 7) is 0.775. The van der Waals surface area contributed by atoms with Gasteiger partial charge < -0.3 is 15.2 Å². The Morgan fingerprint density at radius 1 is 1.45 bits per heavy atom. The molecule has 0 radical (unpaired) electrons. The molecular weight excluding hydrogens is 261 g/mol. The second-order valence-corrected chi connectivity index (χ2v) is 4.34. The van der Waals surface area contributed by atoms with E-state index in [0.717, 1.165) is 5.82 Å². The molecule has 20 heavy (non-hydrogen) atoms. The number of halogens is 1. The van der Waals surface area contributed by atoms with E-state index in [4.69, 9.17) is 0 Å². The molecule has 2 aromatic rings. The minimum absolute atomic E-state index is 0.161. The summed E-state index contributed by atoms with van der Waals surface area (Å²) < 4.78 is 14.8. The second kappa shape index (κ2) is 6.76. The summed E-state index contributed by atoms with van der Waals surface area (Å²) in [5.41, 5.74) is 0.449. The van der Waals surface area contributed by atoms with Gasteiger partial charge >= 0.3 is 0 Å². The molecular formula is C13H16FN5O. The number of anilines is 1. The maximum absolute atomic E-state index is 12.9. The van der Waals surface area contributed by atoms with E-state index in [1.165, 1.54) is 12.1 Å². The van der Waals surface area contributed by atoms with E-state index >= 15 is 0 Å². The number of hydrogen-bond donors (Lipinski definition) is 2. The molecule has 2 N–H and O–H groups in total. The summed E-state index contributed by atoms with van der Waals surface area (Å²) in [6, 6.07) is 5.79. The average Bonchev–Trinajstić information content (AvgIpc) is 2.80. The molecule has 0 aliphatic carbocycles. The number of nitrogens with zero attached hydrogens (tertiary/aromatic N) is 3. The Hall–Kier alpha value is -2.28. The van der Waals surface area contributed by atoms with Crippen LogP contribution in [0.2, 0.25) is 0 Å². The fourth-order valence-electron chi connectivity index (χ4n) is 1.71. The Kier molecular flexibility index (Phi) is 4.78. The number of nitrogens with one attached hydrogen (secondary N) is 2. The average molecular weight is 277 g/mol. The molecule has 0 spiro atoms. The lowest BCUT2D eigenvalue weighted by Gasteiger charge is -2.06. The highest BCUT2D eigenvalue weighted by atomic mass is 19.1. The normalized spacial score (nSPS) is 10.5. The van der Waals surface area contributed by atoms with Gasteiger partial charge in [0, 0.05) is 25.7 Å². The van der Waals surface area contributed by atoms with Crippen LogP contribution in [-0.2, 0) is 18.3 Å². The van der Waals surface area contributed by atoms with Gasteiger partial charge in [-0.05, 0) is 18.2 Å². The first kappa shape index (κ1) is 14.1. The van der Waals surface area contributed by atoms with Crippen molar-refractivity contribution in [2.75, 3.05) is 18.4 Å². The van der Waals surface area contributed by atoms with Gasteiger partial charge in [-0.15, -0.1) is 10.2 Å². The van der Waals surface area contributed by atoms with Crippen LogP contribution in [0.4, 0.5) is 10.1 Å². The summed E-state index contributed by atoms with van der Waals surface area (Å²) in [5.74, 6) is 0.259. The molecule has 0 atom stereocenters. The van der Waals surface area contributed by atoms with Gasteiger partial charge in [0.2, 0.25) is 5.91 Å². The first-order valence-electron chi connectivity index (χ1n) is 6.24. The fourth-order valence-corrected chi connectivity index (χ4v) is 1.71. The van der Waals surface area contributed by atoms with E-state index in [2.05, 4.69) is 20.8 Å². The number of benzene rings is 1. The molecule has 1 amide bonds. The van der Waals surface area contributed by atoms with Crippen LogP contribution in [0.25, 0.3) is 0 Å². The zero-order chi connectivity index (χ0) is 14.4. The van der Waals surface area contributed by atoms with Gasteiger partial charge in [-0.2, -0.15) is 0 Å². The number of rotatable bonds is 6. The topological polar surface area (TPSA) is 71.8 Å². The van der Waals surface area contributed by atoms with Crippen molar-refractivity contribution in [2.45, 2.75) is 6.42 Å². The molecule has 0 aliphatic rings. The third-order valence-electron chi connectivity index (χ3n) is 2.72. The molecule has 2 rings (SSSR count). The molecule has 106 valence electrons. The van der Waals surface area contributed by atoms with Crippen LogP contribution in [0, 0.1) is 5.82 Å². The highest BCUT2D eigenvalue weighted by molar-refractivity contribution is 5.92. The summed E-state index contributed by atoms with van der Waals surface area (Å²) in [5, 5.41) is 13.3. The molecule has 1 aromatic heterocycles. The van der Waals surface area contributed by atoms with Crippen molar-refractivity contribution in [2.24, 2.45) is 7.05 Å². The van der Waals surface area contributed by atoms with Gasteiger partial charge in [0.25, 0.3) is 0 Å². The number of hydrogen-bond acceptors (Lipinski definition) is 4. The maximum Gasteiger partial charge on any atom is 0.238 e. The molecule has 0 saturated carbocycles. The molecule has 0 aliphatic heterocycles. The standard InChI is InChI=1S/C13H16FN5O/c1-19-9-16-18-12(19)5-6-15-8-13(20)17-11-4-2-3-10(14)7-11/h2-4,7,9,15H,5-6,8H2,1H3,(H,17,20).